The van der Waals surface area contributed by atoms with Crippen LogP contribution in [-0.4, -0.2) is 0 Å². The number of hydrogen-bond donors (Lipinski definition) is 0. The minimum absolute atomic E-state index is 0.139. The van der Waals surface area contributed by atoms with Crippen molar-refractivity contribution in [3.8, 4) is 12.1 Å². The van der Waals surface area contributed by atoms with E-state index in [1.54, 1.807) is 13.8 Å². The molecule has 2 heteroatoms. The maximum Gasteiger partial charge on any atom is 0.0666 e. The van der Waals surface area contributed by atoms with Gasteiger partial charge in [0.25, 0.3) is 0 Å². The van der Waals surface area contributed by atoms with Crippen LogP contribution in [0.1, 0.15) is 13.8 Å². The first-order valence-electron chi connectivity index (χ1n) is 2.51. The largest absolute Gasteiger partial charge is 0.198 e. The van der Waals surface area contributed by atoms with E-state index in [9.17, 15) is 0 Å². The van der Waals surface area contributed by atoms with Crippen LogP contribution in [0.4, 0.5) is 0 Å². The van der Waals surface area contributed by atoms with E-state index < -0.39 is 0 Å². The molecule has 1 unspecified atom stereocenters. The van der Waals surface area contributed by atoms with Crippen molar-refractivity contribution in [3.05, 3.63) is 0 Å². The minimum Gasteiger partial charge on any atom is -0.198 e. The van der Waals surface area contributed by atoms with Gasteiger partial charge in [0.2, 0.25) is 0 Å². The van der Waals surface area contributed by atoms with E-state index in [-0.39, 0.29) is 11.8 Å². The standard InChI is InChI=1S/C6H8N2/c1-5(3-7)6(2)4-8/h5-6H,1-2H3/t5-,6?/m0/s1. The van der Waals surface area contributed by atoms with Gasteiger partial charge in [-0.2, -0.15) is 10.5 Å². The van der Waals surface area contributed by atoms with Gasteiger partial charge in [-0.1, -0.05) is 0 Å². The molecule has 0 aliphatic rings. The van der Waals surface area contributed by atoms with Crippen LogP contribution in [0.15, 0.2) is 0 Å². The molecular formula is C6H8N2. The molecule has 0 rings (SSSR count). The molecule has 0 aromatic heterocycles. The van der Waals surface area contributed by atoms with Crippen molar-refractivity contribution in [1.29, 1.82) is 10.5 Å². The third kappa shape index (κ3) is 1.62. The SMILES string of the molecule is CC(C#N)[C@@H](C)C#N. The van der Waals surface area contributed by atoms with Crippen LogP contribution in [0.3, 0.4) is 0 Å². The highest BCUT2D eigenvalue weighted by Gasteiger charge is 2.07. The van der Waals surface area contributed by atoms with Gasteiger partial charge in [-0.05, 0) is 13.8 Å². The zero-order valence-corrected chi connectivity index (χ0v) is 5.05. The van der Waals surface area contributed by atoms with Gasteiger partial charge in [0.05, 0.1) is 24.0 Å². The molecule has 0 N–H and O–H groups in total. The van der Waals surface area contributed by atoms with Gasteiger partial charge in [0, 0.05) is 0 Å². The Morgan fingerprint density at radius 1 is 1.00 bits per heavy atom. The Morgan fingerprint density at radius 3 is 1.38 bits per heavy atom. The zero-order valence-electron chi connectivity index (χ0n) is 5.05. The van der Waals surface area contributed by atoms with Crippen molar-refractivity contribution in [2.45, 2.75) is 13.8 Å². The summed E-state index contributed by atoms with van der Waals surface area (Å²) in [6.45, 7) is 3.49. The van der Waals surface area contributed by atoms with Crippen molar-refractivity contribution in [3.63, 3.8) is 0 Å². The summed E-state index contributed by atoms with van der Waals surface area (Å²) in [5, 5.41) is 16.5. The highest BCUT2D eigenvalue weighted by Crippen LogP contribution is 2.06. The highest BCUT2D eigenvalue weighted by atomic mass is 14.3. The molecule has 0 aliphatic carbocycles. The summed E-state index contributed by atoms with van der Waals surface area (Å²) in [5.74, 6) is -0.278. The van der Waals surface area contributed by atoms with Gasteiger partial charge in [0.1, 0.15) is 0 Å². The molecule has 0 radical (unpaired) electrons. The lowest BCUT2D eigenvalue weighted by Crippen LogP contribution is -2.01. The van der Waals surface area contributed by atoms with E-state index in [0.29, 0.717) is 0 Å². The molecule has 0 aromatic carbocycles. The molecule has 0 amide bonds. The van der Waals surface area contributed by atoms with E-state index in [1.165, 1.54) is 0 Å². The summed E-state index contributed by atoms with van der Waals surface area (Å²) in [4.78, 5) is 0. The fourth-order valence-corrected chi connectivity index (χ4v) is 0.224. The van der Waals surface area contributed by atoms with Crippen LogP contribution < -0.4 is 0 Å². The van der Waals surface area contributed by atoms with Crippen LogP contribution in [0, 0.1) is 34.5 Å². The third-order valence-electron chi connectivity index (χ3n) is 1.16. The molecule has 0 saturated heterocycles. The molecule has 8 heavy (non-hydrogen) atoms. The van der Waals surface area contributed by atoms with Crippen LogP contribution in [0.2, 0.25) is 0 Å². The van der Waals surface area contributed by atoms with E-state index >= 15 is 0 Å². The monoisotopic (exact) mass is 108 g/mol. The highest BCUT2D eigenvalue weighted by molar-refractivity contribution is 4.93. The van der Waals surface area contributed by atoms with Gasteiger partial charge in [-0.15, -0.1) is 0 Å². The molecule has 0 heterocycles. The Hall–Kier alpha value is -1.02. The van der Waals surface area contributed by atoms with Gasteiger partial charge in [-0.25, -0.2) is 0 Å². The maximum absolute atomic E-state index is 8.24. The Kier molecular flexibility index (Phi) is 2.66. The fourth-order valence-electron chi connectivity index (χ4n) is 0.224. The molecule has 42 valence electrons. The predicted octanol–water partition coefficient (Wildman–Crippen LogP) is 1.31. The van der Waals surface area contributed by atoms with Crippen LogP contribution in [-0.2, 0) is 0 Å². The van der Waals surface area contributed by atoms with Crippen molar-refractivity contribution in [2.75, 3.05) is 0 Å². The van der Waals surface area contributed by atoms with Gasteiger partial charge in [0.15, 0.2) is 0 Å². The fraction of sp³-hybridized carbons (Fsp3) is 0.667. The summed E-state index contributed by atoms with van der Waals surface area (Å²) in [6, 6.07) is 3.99. The zero-order chi connectivity index (χ0) is 6.57. The molecule has 0 aromatic rings. The Balaban J connectivity index is 3.72. The average molecular weight is 108 g/mol. The minimum atomic E-state index is -0.139. The van der Waals surface area contributed by atoms with E-state index in [0.717, 1.165) is 0 Å². The van der Waals surface area contributed by atoms with Crippen LogP contribution in [0.25, 0.3) is 0 Å². The summed E-state index contributed by atoms with van der Waals surface area (Å²) in [6.07, 6.45) is 0. The average Bonchev–Trinajstić information content (AvgIpc) is 1.84. The number of nitriles is 2. The normalized spacial score (nSPS) is 15.5. The Labute approximate surface area is 49.3 Å². The number of rotatable bonds is 1. The maximum atomic E-state index is 8.24. The lowest BCUT2D eigenvalue weighted by Gasteiger charge is -1.99. The predicted molar refractivity (Wildman–Crippen MR) is 29.6 cm³/mol. The lowest BCUT2D eigenvalue weighted by molar-refractivity contribution is 0.582. The third-order valence-corrected chi connectivity index (χ3v) is 1.16. The van der Waals surface area contributed by atoms with Crippen LogP contribution >= 0.6 is 0 Å². The van der Waals surface area contributed by atoms with Crippen molar-refractivity contribution < 1.29 is 0 Å². The second-order valence-corrected chi connectivity index (χ2v) is 1.84. The Morgan fingerprint density at radius 2 is 1.25 bits per heavy atom. The Bertz CT molecular complexity index is 120. The van der Waals surface area contributed by atoms with E-state index in [1.807, 2.05) is 12.1 Å². The quantitative estimate of drug-likeness (QED) is 0.508. The molecule has 0 aliphatic heterocycles. The summed E-state index contributed by atoms with van der Waals surface area (Å²) in [7, 11) is 0. The summed E-state index contributed by atoms with van der Waals surface area (Å²) < 4.78 is 0. The molecule has 0 spiro atoms. The van der Waals surface area contributed by atoms with Crippen molar-refractivity contribution in [1.82, 2.24) is 0 Å². The molecule has 2 nitrogen and oxygen atoms in total. The lowest BCUT2D eigenvalue weighted by atomic mass is 10.00. The summed E-state index contributed by atoms with van der Waals surface area (Å²) >= 11 is 0. The number of hydrogen-bond acceptors (Lipinski definition) is 2. The molecule has 0 fully saturated rings. The van der Waals surface area contributed by atoms with Crippen molar-refractivity contribution in [2.24, 2.45) is 11.8 Å². The van der Waals surface area contributed by atoms with Crippen LogP contribution in [0.5, 0.6) is 0 Å². The topological polar surface area (TPSA) is 47.6 Å². The molecular weight excluding hydrogens is 100 g/mol. The van der Waals surface area contributed by atoms with Crippen molar-refractivity contribution >= 4 is 0 Å². The number of nitrogens with zero attached hydrogens (tertiary/aromatic N) is 2. The summed E-state index contributed by atoms with van der Waals surface area (Å²) in [5.41, 5.74) is 0. The molecule has 2 atom stereocenters. The first-order valence-corrected chi connectivity index (χ1v) is 2.51. The van der Waals surface area contributed by atoms with Gasteiger partial charge in [-0.3, -0.25) is 0 Å². The second kappa shape index (κ2) is 3.04. The first-order chi connectivity index (χ1) is 3.72. The smallest absolute Gasteiger partial charge is 0.0666 e. The van der Waals surface area contributed by atoms with E-state index in [2.05, 4.69) is 0 Å². The van der Waals surface area contributed by atoms with Gasteiger partial charge < -0.3 is 0 Å². The molecule has 0 bridgehead atoms. The van der Waals surface area contributed by atoms with Gasteiger partial charge >= 0.3 is 0 Å². The first kappa shape index (κ1) is 6.98. The molecule has 0 saturated carbocycles. The van der Waals surface area contributed by atoms with E-state index in [4.69, 9.17) is 10.5 Å². The second-order valence-electron chi connectivity index (χ2n) is 1.84.